The molecule has 0 saturated carbocycles. The highest BCUT2D eigenvalue weighted by Gasteiger charge is 2.28. The lowest BCUT2D eigenvalue weighted by atomic mass is 9.96. The van der Waals surface area contributed by atoms with Gasteiger partial charge in [0.25, 0.3) is 5.91 Å². The van der Waals surface area contributed by atoms with Gasteiger partial charge in [0.15, 0.2) is 0 Å². The molecule has 1 aliphatic rings. The monoisotopic (exact) mass is 412 g/mol. The van der Waals surface area contributed by atoms with E-state index in [0.29, 0.717) is 22.8 Å². The van der Waals surface area contributed by atoms with E-state index in [1.165, 1.54) is 18.4 Å². The Hall–Kier alpha value is -2.70. The molecule has 0 saturated heterocycles. The molecule has 3 aromatic rings. The largest absolute Gasteiger partial charge is 0.465 e. The minimum atomic E-state index is -0.384. The second kappa shape index (κ2) is 7.73. The average Bonchev–Trinajstić information content (AvgIpc) is 3.22. The number of thiazole rings is 1. The number of rotatable bonds is 3. The number of ether oxygens (including phenoxy) is 1. The van der Waals surface area contributed by atoms with Crippen LogP contribution in [0.4, 0.5) is 5.69 Å². The highest BCUT2D eigenvalue weighted by Crippen LogP contribution is 2.32. The van der Waals surface area contributed by atoms with Crippen LogP contribution in [0.15, 0.2) is 47.8 Å². The number of anilines is 1. The molecule has 0 atom stereocenters. The van der Waals surface area contributed by atoms with Crippen LogP contribution in [0.2, 0.25) is 5.02 Å². The summed E-state index contributed by atoms with van der Waals surface area (Å²) in [5, 5.41) is 3.19. The first-order valence-corrected chi connectivity index (χ1v) is 10.1. The van der Waals surface area contributed by atoms with Crippen LogP contribution in [0.5, 0.6) is 0 Å². The number of carbonyl (C=O) groups excluding carboxylic acids is 2. The highest BCUT2D eigenvalue weighted by atomic mass is 35.5. The Morgan fingerprint density at radius 3 is 2.71 bits per heavy atom. The summed E-state index contributed by atoms with van der Waals surface area (Å²) >= 11 is 7.36. The second-order valence-corrected chi connectivity index (χ2v) is 7.69. The van der Waals surface area contributed by atoms with Gasteiger partial charge >= 0.3 is 5.97 Å². The van der Waals surface area contributed by atoms with E-state index in [-0.39, 0.29) is 11.9 Å². The fourth-order valence-electron chi connectivity index (χ4n) is 3.37. The number of esters is 1. The van der Waals surface area contributed by atoms with Crippen LogP contribution < -0.4 is 4.90 Å². The van der Waals surface area contributed by atoms with E-state index < -0.39 is 0 Å². The number of benzene rings is 2. The van der Waals surface area contributed by atoms with Crippen molar-refractivity contribution in [3.05, 3.63) is 69.7 Å². The topological polar surface area (TPSA) is 59.5 Å². The van der Waals surface area contributed by atoms with E-state index in [2.05, 4.69) is 4.98 Å². The molecular weight excluding hydrogens is 396 g/mol. The lowest BCUT2D eigenvalue weighted by Crippen LogP contribution is -2.36. The Kier molecular flexibility index (Phi) is 5.15. The van der Waals surface area contributed by atoms with Crippen molar-refractivity contribution in [3.63, 3.8) is 0 Å². The predicted molar refractivity (Wildman–Crippen MR) is 110 cm³/mol. The van der Waals surface area contributed by atoms with E-state index in [0.717, 1.165) is 34.7 Å². The molecule has 0 bridgehead atoms. The zero-order valence-corrected chi connectivity index (χ0v) is 16.7. The van der Waals surface area contributed by atoms with Crippen molar-refractivity contribution in [1.82, 2.24) is 4.98 Å². The summed E-state index contributed by atoms with van der Waals surface area (Å²) in [7, 11) is 1.36. The normalized spacial score (nSPS) is 13.1. The van der Waals surface area contributed by atoms with Gasteiger partial charge < -0.3 is 9.64 Å². The molecule has 7 heteroatoms. The number of methoxy groups -OCH3 is 1. The van der Waals surface area contributed by atoms with Crippen LogP contribution in [0.25, 0.3) is 10.6 Å². The van der Waals surface area contributed by atoms with Crippen LogP contribution in [-0.2, 0) is 11.2 Å². The molecule has 5 nitrogen and oxygen atoms in total. The maximum Gasteiger partial charge on any atom is 0.338 e. The molecule has 0 radical (unpaired) electrons. The van der Waals surface area contributed by atoms with E-state index in [1.54, 1.807) is 34.5 Å². The number of aromatic nitrogens is 1. The summed E-state index contributed by atoms with van der Waals surface area (Å²) in [6, 6.07) is 12.7. The van der Waals surface area contributed by atoms with Gasteiger partial charge in [-0.05, 0) is 42.7 Å². The first kappa shape index (κ1) is 18.7. The summed E-state index contributed by atoms with van der Waals surface area (Å²) in [5.41, 5.74) is 3.42. The minimum absolute atomic E-state index is 0.167. The Balaban J connectivity index is 1.66. The Morgan fingerprint density at radius 2 is 1.96 bits per heavy atom. The highest BCUT2D eigenvalue weighted by molar-refractivity contribution is 7.13. The number of fused-ring (bicyclic) bond motifs is 1. The number of nitrogens with zero attached hydrogens (tertiary/aromatic N) is 2. The molecule has 0 aliphatic carbocycles. The molecule has 4 rings (SSSR count). The van der Waals surface area contributed by atoms with Gasteiger partial charge in [0.2, 0.25) is 0 Å². The first-order valence-electron chi connectivity index (χ1n) is 8.82. The minimum Gasteiger partial charge on any atom is -0.465 e. The smallest absolute Gasteiger partial charge is 0.338 e. The molecule has 1 aliphatic heterocycles. The van der Waals surface area contributed by atoms with Crippen molar-refractivity contribution in [2.45, 2.75) is 12.8 Å². The van der Waals surface area contributed by atoms with Gasteiger partial charge in [0, 0.05) is 28.2 Å². The summed E-state index contributed by atoms with van der Waals surface area (Å²) in [6.45, 7) is 0.588. The SMILES string of the molecule is COC(=O)c1cccc2c1CCCN2C(=O)c1csc(-c2ccc(Cl)cc2)n1. The Bertz CT molecular complexity index is 1050. The first-order chi connectivity index (χ1) is 13.6. The van der Waals surface area contributed by atoms with Gasteiger partial charge in [-0.2, -0.15) is 0 Å². The average molecular weight is 413 g/mol. The standard InChI is InChI=1S/C21H17ClN2O3S/c1-27-21(26)16-4-2-6-18-15(16)5-3-11-24(18)20(25)17-12-28-19(23-17)13-7-9-14(22)10-8-13/h2,4,6-10,12H,3,5,11H2,1H3. The number of halogens is 1. The molecule has 2 heterocycles. The summed E-state index contributed by atoms with van der Waals surface area (Å²) in [6.07, 6.45) is 1.51. The zero-order valence-electron chi connectivity index (χ0n) is 15.1. The van der Waals surface area contributed by atoms with Crippen LogP contribution in [0, 0.1) is 0 Å². The Labute approximate surface area is 171 Å². The quantitative estimate of drug-likeness (QED) is 0.577. The molecular formula is C21H17ClN2O3S. The van der Waals surface area contributed by atoms with E-state index in [9.17, 15) is 9.59 Å². The maximum atomic E-state index is 13.1. The summed E-state index contributed by atoms with van der Waals surface area (Å²) in [4.78, 5) is 31.4. The fourth-order valence-corrected chi connectivity index (χ4v) is 4.30. The van der Waals surface area contributed by atoms with Crippen molar-refractivity contribution in [2.24, 2.45) is 0 Å². The molecule has 0 unspecified atom stereocenters. The van der Waals surface area contributed by atoms with Crippen molar-refractivity contribution in [3.8, 4) is 10.6 Å². The lowest BCUT2D eigenvalue weighted by molar-refractivity contribution is 0.0599. The second-order valence-electron chi connectivity index (χ2n) is 6.40. The number of amides is 1. The molecule has 0 spiro atoms. The zero-order chi connectivity index (χ0) is 19.7. The van der Waals surface area contributed by atoms with E-state index in [1.807, 2.05) is 18.2 Å². The van der Waals surface area contributed by atoms with Gasteiger partial charge in [-0.1, -0.05) is 29.8 Å². The van der Waals surface area contributed by atoms with Crippen molar-refractivity contribution in [1.29, 1.82) is 0 Å². The maximum absolute atomic E-state index is 13.1. The third kappa shape index (κ3) is 3.41. The molecule has 0 N–H and O–H groups in total. The third-order valence-electron chi connectivity index (χ3n) is 4.72. The fraction of sp³-hybridized carbons (Fsp3) is 0.190. The van der Waals surface area contributed by atoms with E-state index in [4.69, 9.17) is 16.3 Å². The molecule has 28 heavy (non-hydrogen) atoms. The van der Waals surface area contributed by atoms with E-state index >= 15 is 0 Å². The van der Waals surface area contributed by atoms with Gasteiger partial charge in [-0.25, -0.2) is 9.78 Å². The summed E-state index contributed by atoms with van der Waals surface area (Å²) in [5.74, 6) is -0.552. The van der Waals surface area contributed by atoms with Crippen LogP contribution in [-0.4, -0.2) is 30.5 Å². The van der Waals surface area contributed by atoms with Crippen molar-refractivity contribution >= 4 is 40.5 Å². The van der Waals surface area contributed by atoms with Crippen molar-refractivity contribution in [2.75, 3.05) is 18.6 Å². The van der Waals surface area contributed by atoms with Crippen LogP contribution >= 0.6 is 22.9 Å². The Morgan fingerprint density at radius 1 is 1.18 bits per heavy atom. The van der Waals surface area contributed by atoms with Gasteiger partial charge in [0.05, 0.1) is 12.7 Å². The molecule has 0 fully saturated rings. The number of hydrogen-bond donors (Lipinski definition) is 0. The third-order valence-corrected chi connectivity index (χ3v) is 5.86. The molecule has 2 aromatic carbocycles. The van der Waals surface area contributed by atoms with Crippen LogP contribution in [0.1, 0.15) is 32.8 Å². The molecule has 1 aromatic heterocycles. The van der Waals surface area contributed by atoms with Gasteiger partial charge in [-0.15, -0.1) is 11.3 Å². The molecule has 1 amide bonds. The predicted octanol–water partition coefficient (Wildman–Crippen LogP) is 4.84. The molecule has 142 valence electrons. The number of hydrogen-bond acceptors (Lipinski definition) is 5. The lowest BCUT2D eigenvalue weighted by Gasteiger charge is -2.30. The van der Waals surface area contributed by atoms with Crippen LogP contribution in [0.3, 0.4) is 0 Å². The van der Waals surface area contributed by atoms with Gasteiger partial charge in [0.1, 0.15) is 10.7 Å². The number of carbonyl (C=O) groups is 2. The van der Waals surface area contributed by atoms with Crippen molar-refractivity contribution < 1.29 is 14.3 Å². The van der Waals surface area contributed by atoms with Gasteiger partial charge in [-0.3, -0.25) is 4.79 Å². The summed E-state index contributed by atoms with van der Waals surface area (Å²) < 4.78 is 4.88.